The van der Waals surface area contributed by atoms with Gasteiger partial charge in [0.1, 0.15) is 17.2 Å². The minimum atomic E-state index is 0.233. The van der Waals surface area contributed by atoms with Gasteiger partial charge in [-0.25, -0.2) is 0 Å². The van der Waals surface area contributed by atoms with Crippen LogP contribution in [0.2, 0.25) is 0 Å². The van der Waals surface area contributed by atoms with Gasteiger partial charge >= 0.3 is 0 Å². The minimum absolute atomic E-state index is 0.233. The lowest BCUT2D eigenvalue weighted by Crippen LogP contribution is -1.94. The average Bonchev–Trinajstić information content (AvgIpc) is 2.53. The van der Waals surface area contributed by atoms with Crippen LogP contribution in [0.3, 0.4) is 0 Å². The van der Waals surface area contributed by atoms with Gasteiger partial charge in [0.25, 0.3) is 0 Å². The first-order chi connectivity index (χ1) is 11.4. The van der Waals surface area contributed by atoms with Crippen LogP contribution in [-0.2, 0) is 0 Å². The summed E-state index contributed by atoms with van der Waals surface area (Å²) in [6.45, 7) is 5.98. The highest BCUT2D eigenvalue weighted by molar-refractivity contribution is 5.72. The molecule has 3 nitrogen and oxygen atoms in total. The van der Waals surface area contributed by atoms with E-state index in [1.165, 1.54) is 5.56 Å². The maximum absolute atomic E-state index is 10.2. The second-order valence-corrected chi connectivity index (χ2v) is 6.13. The van der Waals surface area contributed by atoms with Crippen molar-refractivity contribution in [1.82, 2.24) is 0 Å². The summed E-state index contributed by atoms with van der Waals surface area (Å²) < 4.78 is 6.07. The molecule has 0 aromatic heterocycles. The second-order valence-electron chi connectivity index (χ2n) is 6.13. The highest BCUT2D eigenvalue weighted by atomic mass is 16.5. The molecule has 0 heterocycles. The molecule has 0 bridgehead atoms. The molecule has 3 N–H and O–H groups in total. The molecule has 3 aromatic rings. The summed E-state index contributed by atoms with van der Waals surface area (Å²) in [6, 6.07) is 17.1. The number of aryl methyl sites for hydroxylation is 3. The first-order valence-corrected chi connectivity index (χ1v) is 7.88. The predicted octanol–water partition coefficient (Wildman–Crippen LogP) is 5.36. The van der Waals surface area contributed by atoms with Crippen LogP contribution in [0.5, 0.6) is 17.2 Å². The lowest BCUT2D eigenvalue weighted by molar-refractivity contribution is 0.463. The van der Waals surface area contributed by atoms with Crippen molar-refractivity contribution in [3.63, 3.8) is 0 Å². The molecule has 0 amide bonds. The maximum atomic E-state index is 10.2. The van der Waals surface area contributed by atoms with Crippen LogP contribution in [-0.4, -0.2) is 5.11 Å². The van der Waals surface area contributed by atoms with Crippen molar-refractivity contribution in [1.29, 1.82) is 0 Å². The van der Waals surface area contributed by atoms with E-state index in [1.54, 1.807) is 12.1 Å². The molecule has 3 heteroatoms. The van der Waals surface area contributed by atoms with Gasteiger partial charge in [0.2, 0.25) is 0 Å². The summed E-state index contributed by atoms with van der Waals surface area (Å²) >= 11 is 0. The number of aromatic hydroxyl groups is 1. The number of hydrogen-bond acceptors (Lipinski definition) is 3. The molecule has 0 aliphatic rings. The Labute approximate surface area is 142 Å². The second kappa shape index (κ2) is 6.28. The number of anilines is 1. The van der Waals surface area contributed by atoms with Crippen LogP contribution in [0.1, 0.15) is 16.7 Å². The van der Waals surface area contributed by atoms with Crippen LogP contribution in [0.15, 0.2) is 54.6 Å². The Morgan fingerprint density at radius 1 is 0.833 bits per heavy atom. The molecule has 0 aliphatic carbocycles. The van der Waals surface area contributed by atoms with Crippen LogP contribution in [0.25, 0.3) is 11.1 Å². The van der Waals surface area contributed by atoms with E-state index in [0.717, 1.165) is 33.7 Å². The van der Waals surface area contributed by atoms with Crippen molar-refractivity contribution in [2.24, 2.45) is 0 Å². The third-order valence-electron chi connectivity index (χ3n) is 4.03. The van der Waals surface area contributed by atoms with Gasteiger partial charge in [-0.05, 0) is 67.8 Å². The van der Waals surface area contributed by atoms with E-state index in [1.807, 2.05) is 63.2 Å². The fraction of sp³-hybridized carbons (Fsp3) is 0.143. The van der Waals surface area contributed by atoms with Crippen LogP contribution in [0, 0.1) is 20.8 Å². The highest BCUT2D eigenvalue weighted by Gasteiger charge is 2.10. The largest absolute Gasteiger partial charge is 0.507 e. The van der Waals surface area contributed by atoms with Gasteiger partial charge in [0.05, 0.1) is 0 Å². The smallest absolute Gasteiger partial charge is 0.133 e. The van der Waals surface area contributed by atoms with E-state index in [9.17, 15) is 5.11 Å². The molecule has 0 radical (unpaired) electrons. The third-order valence-corrected chi connectivity index (χ3v) is 4.03. The lowest BCUT2D eigenvalue weighted by atomic mass is 10.0. The minimum Gasteiger partial charge on any atom is -0.507 e. The number of phenols is 1. The van der Waals surface area contributed by atoms with Gasteiger partial charge in [0.15, 0.2) is 0 Å². The van der Waals surface area contributed by atoms with Crippen LogP contribution >= 0.6 is 0 Å². The Balaban J connectivity index is 1.99. The molecule has 0 atom stereocenters. The summed E-state index contributed by atoms with van der Waals surface area (Å²) in [5.41, 5.74) is 11.4. The van der Waals surface area contributed by atoms with Crippen molar-refractivity contribution in [3.8, 4) is 28.4 Å². The van der Waals surface area contributed by atoms with Gasteiger partial charge in [-0.1, -0.05) is 29.8 Å². The summed E-state index contributed by atoms with van der Waals surface area (Å²) in [5, 5.41) is 10.2. The quantitative estimate of drug-likeness (QED) is 0.639. The number of nitrogen functional groups attached to an aromatic ring is 1. The zero-order valence-corrected chi connectivity index (χ0v) is 14.1. The number of rotatable bonds is 3. The van der Waals surface area contributed by atoms with Gasteiger partial charge < -0.3 is 15.6 Å². The number of nitrogens with two attached hydrogens (primary N) is 1. The predicted molar refractivity (Wildman–Crippen MR) is 98.7 cm³/mol. The van der Waals surface area contributed by atoms with E-state index >= 15 is 0 Å². The molecule has 3 rings (SSSR count). The summed E-state index contributed by atoms with van der Waals surface area (Å²) in [4.78, 5) is 0. The van der Waals surface area contributed by atoms with Crippen LogP contribution < -0.4 is 10.5 Å². The molecule has 0 unspecified atom stereocenters. The van der Waals surface area contributed by atoms with Crippen molar-refractivity contribution < 1.29 is 9.84 Å². The molecular formula is C21H21NO2. The standard InChI is InChI=1S/C21H21NO2/c1-13-4-6-16(7-5-13)19-12-18(8-9-20(19)23)24-21-14(2)10-17(22)11-15(21)3/h4-12,23H,22H2,1-3H3. The zero-order valence-electron chi connectivity index (χ0n) is 14.1. The Kier molecular flexibility index (Phi) is 4.17. The van der Waals surface area contributed by atoms with Crippen molar-refractivity contribution in [2.75, 3.05) is 5.73 Å². The molecule has 3 aromatic carbocycles. The zero-order chi connectivity index (χ0) is 17.3. The van der Waals surface area contributed by atoms with Crippen LogP contribution in [0.4, 0.5) is 5.69 Å². The van der Waals surface area contributed by atoms with E-state index < -0.39 is 0 Å². The fourth-order valence-corrected chi connectivity index (χ4v) is 2.81. The van der Waals surface area contributed by atoms with E-state index in [0.29, 0.717) is 5.75 Å². The van der Waals surface area contributed by atoms with E-state index in [2.05, 4.69) is 0 Å². The topological polar surface area (TPSA) is 55.5 Å². The Bertz CT molecular complexity index is 860. The normalized spacial score (nSPS) is 10.6. The van der Waals surface area contributed by atoms with Gasteiger partial charge in [-0.2, -0.15) is 0 Å². The number of ether oxygens (including phenoxy) is 1. The number of phenolic OH excluding ortho intramolecular Hbond substituents is 1. The molecule has 0 aliphatic heterocycles. The molecule has 122 valence electrons. The van der Waals surface area contributed by atoms with Crippen molar-refractivity contribution >= 4 is 5.69 Å². The molecule has 0 spiro atoms. The number of benzene rings is 3. The lowest BCUT2D eigenvalue weighted by Gasteiger charge is -2.14. The highest BCUT2D eigenvalue weighted by Crippen LogP contribution is 2.36. The summed E-state index contributed by atoms with van der Waals surface area (Å²) in [7, 11) is 0. The van der Waals surface area contributed by atoms with Gasteiger partial charge in [-0.15, -0.1) is 0 Å². The molecule has 0 saturated heterocycles. The Morgan fingerprint density at radius 3 is 2.08 bits per heavy atom. The van der Waals surface area contributed by atoms with E-state index in [4.69, 9.17) is 10.5 Å². The average molecular weight is 319 g/mol. The van der Waals surface area contributed by atoms with E-state index in [-0.39, 0.29) is 5.75 Å². The fourth-order valence-electron chi connectivity index (χ4n) is 2.81. The summed E-state index contributed by atoms with van der Waals surface area (Å²) in [6.07, 6.45) is 0. The summed E-state index contributed by atoms with van der Waals surface area (Å²) in [5.74, 6) is 1.71. The van der Waals surface area contributed by atoms with Crippen molar-refractivity contribution in [2.45, 2.75) is 20.8 Å². The van der Waals surface area contributed by atoms with Gasteiger partial charge in [-0.3, -0.25) is 0 Å². The maximum Gasteiger partial charge on any atom is 0.133 e. The monoisotopic (exact) mass is 319 g/mol. The Morgan fingerprint density at radius 2 is 1.46 bits per heavy atom. The molecule has 0 saturated carbocycles. The van der Waals surface area contributed by atoms with Crippen molar-refractivity contribution in [3.05, 3.63) is 71.3 Å². The third kappa shape index (κ3) is 3.20. The first kappa shape index (κ1) is 15.9. The molecule has 0 fully saturated rings. The SMILES string of the molecule is Cc1ccc(-c2cc(Oc3c(C)cc(N)cc3C)ccc2O)cc1. The Hall–Kier alpha value is -2.94. The molecule has 24 heavy (non-hydrogen) atoms. The molecular weight excluding hydrogens is 298 g/mol. The van der Waals surface area contributed by atoms with Gasteiger partial charge in [0, 0.05) is 11.3 Å². The first-order valence-electron chi connectivity index (χ1n) is 7.88. The number of hydrogen-bond donors (Lipinski definition) is 2.